The van der Waals surface area contributed by atoms with Gasteiger partial charge >= 0.3 is 5.97 Å². The fraction of sp³-hybridized carbons (Fsp3) is 0.650. The van der Waals surface area contributed by atoms with E-state index in [2.05, 4.69) is 0 Å². The lowest BCUT2D eigenvalue weighted by molar-refractivity contribution is -0.212. The van der Waals surface area contributed by atoms with Crippen LogP contribution in [0.15, 0.2) is 30.3 Å². The topological polar surface area (TPSA) is 72.5 Å². The Balaban J connectivity index is 1.51. The van der Waals surface area contributed by atoms with Crippen molar-refractivity contribution in [1.82, 2.24) is 0 Å². The summed E-state index contributed by atoms with van der Waals surface area (Å²) in [6, 6.07) is 9.76. The Morgan fingerprint density at radius 2 is 1.81 bits per heavy atom. The number of fused-ring (bicyclic) bond motifs is 1. The van der Waals surface area contributed by atoms with E-state index in [0.717, 1.165) is 5.56 Å². The minimum Gasteiger partial charge on any atom is -0.454 e. The average molecular weight is 378 g/mol. The van der Waals surface area contributed by atoms with Gasteiger partial charge in [-0.15, -0.1) is 0 Å². The number of ether oxygens (including phenoxy) is 6. The summed E-state index contributed by atoms with van der Waals surface area (Å²) in [5.74, 6) is -2.13. The highest BCUT2D eigenvalue weighted by Gasteiger charge is 2.69. The summed E-state index contributed by atoms with van der Waals surface area (Å²) in [5.41, 5.74) is -0.292. The highest BCUT2D eigenvalue weighted by atomic mass is 16.8. The van der Waals surface area contributed by atoms with Crippen LogP contribution in [0.4, 0.5) is 0 Å². The van der Waals surface area contributed by atoms with Crippen LogP contribution >= 0.6 is 0 Å². The van der Waals surface area contributed by atoms with Crippen LogP contribution < -0.4 is 0 Å². The van der Waals surface area contributed by atoms with Gasteiger partial charge in [-0.3, -0.25) is 0 Å². The normalized spacial score (nSPS) is 36.6. The third-order valence-corrected chi connectivity index (χ3v) is 5.01. The van der Waals surface area contributed by atoms with Crippen LogP contribution in [-0.4, -0.2) is 54.7 Å². The van der Waals surface area contributed by atoms with E-state index in [4.69, 9.17) is 28.4 Å². The van der Waals surface area contributed by atoms with E-state index in [1.165, 1.54) is 0 Å². The predicted molar refractivity (Wildman–Crippen MR) is 93.7 cm³/mol. The molecule has 0 N–H and O–H groups in total. The first-order valence-electron chi connectivity index (χ1n) is 9.23. The molecule has 27 heavy (non-hydrogen) atoms. The summed E-state index contributed by atoms with van der Waals surface area (Å²) in [6.07, 6.45) is -1.65. The quantitative estimate of drug-likeness (QED) is 0.727. The zero-order chi connectivity index (χ0) is 19.3. The van der Waals surface area contributed by atoms with Crippen LogP contribution in [0.5, 0.6) is 0 Å². The molecule has 0 unspecified atom stereocenters. The fourth-order valence-electron chi connectivity index (χ4n) is 3.91. The molecule has 0 aliphatic carbocycles. The molecule has 3 aliphatic heterocycles. The number of benzene rings is 1. The lowest BCUT2D eigenvalue weighted by Gasteiger charge is -2.25. The summed E-state index contributed by atoms with van der Waals surface area (Å²) in [5, 5.41) is 0. The smallest absolute Gasteiger partial charge is 0.344 e. The number of carbonyl (C=O) groups excluding carboxylic acids is 1. The second-order valence-corrected chi connectivity index (χ2v) is 8.15. The first kappa shape index (κ1) is 18.8. The van der Waals surface area contributed by atoms with Crippen LogP contribution in [0.2, 0.25) is 0 Å². The van der Waals surface area contributed by atoms with Crippen molar-refractivity contribution in [1.29, 1.82) is 0 Å². The molecule has 148 valence electrons. The van der Waals surface area contributed by atoms with Gasteiger partial charge in [0.05, 0.1) is 19.8 Å². The van der Waals surface area contributed by atoms with Crippen molar-refractivity contribution < 1.29 is 33.2 Å². The van der Waals surface area contributed by atoms with E-state index < -0.39 is 41.5 Å². The van der Waals surface area contributed by atoms with E-state index >= 15 is 0 Å². The Hall–Kier alpha value is -1.51. The van der Waals surface area contributed by atoms with Gasteiger partial charge in [-0.25, -0.2) is 4.79 Å². The Kier molecular flexibility index (Phi) is 4.56. The molecular weight excluding hydrogens is 352 g/mol. The van der Waals surface area contributed by atoms with Crippen LogP contribution in [0.3, 0.4) is 0 Å². The first-order valence-corrected chi connectivity index (χ1v) is 9.23. The monoisotopic (exact) mass is 378 g/mol. The van der Waals surface area contributed by atoms with Crippen LogP contribution in [-0.2, 0) is 39.8 Å². The summed E-state index contributed by atoms with van der Waals surface area (Å²) >= 11 is 0. The van der Waals surface area contributed by atoms with Gasteiger partial charge in [0.15, 0.2) is 17.7 Å². The molecule has 7 nitrogen and oxygen atoms in total. The van der Waals surface area contributed by atoms with Crippen molar-refractivity contribution in [2.75, 3.05) is 13.2 Å². The van der Waals surface area contributed by atoms with Crippen molar-refractivity contribution in [3.05, 3.63) is 35.9 Å². The average Bonchev–Trinajstić information content (AvgIpc) is 3.17. The predicted octanol–water partition coefficient (Wildman–Crippen LogP) is 2.17. The lowest BCUT2D eigenvalue weighted by atomic mass is 9.94. The fourth-order valence-corrected chi connectivity index (χ4v) is 3.91. The van der Waals surface area contributed by atoms with Crippen LogP contribution in [0.1, 0.15) is 33.3 Å². The second-order valence-electron chi connectivity index (χ2n) is 8.15. The molecule has 4 atom stereocenters. The van der Waals surface area contributed by atoms with Gasteiger partial charge in [-0.1, -0.05) is 30.3 Å². The summed E-state index contributed by atoms with van der Waals surface area (Å²) < 4.78 is 35.1. The molecule has 3 fully saturated rings. The summed E-state index contributed by atoms with van der Waals surface area (Å²) in [7, 11) is 0. The van der Waals surface area contributed by atoms with E-state index in [1.807, 2.05) is 44.2 Å². The number of cyclic esters (lactones) is 1. The third kappa shape index (κ3) is 3.50. The van der Waals surface area contributed by atoms with Crippen LogP contribution in [0, 0.1) is 0 Å². The molecule has 0 spiro atoms. The highest BCUT2D eigenvalue weighted by Crippen LogP contribution is 2.46. The molecule has 1 aromatic rings. The lowest BCUT2D eigenvalue weighted by Crippen LogP contribution is -2.50. The molecule has 0 amide bonds. The van der Waals surface area contributed by atoms with E-state index in [0.29, 0.717) is 13.2 Å². The minimum absolute atomic E-state index is 0.0439. The van der Waals surface area contributed by atoms with Crippen molar-refractivity contribution in [2.45, 2.75) is 69.8 Å². The molecule has 7 heteroatoms. The number of rotatable bonds is 5. The molecule has 1 aromatic carbocycles. The van der Waals surface area contributed by atoms with Crippen molar-refractivity contribution >= 4 is 5.97 Å². The molecule has 3 heterocycles. The second kappa shape index (κ2) is 6.53. The molecule has 0 aromatic heterocycles. The maximum absolute atomic E-state index is 12.8. The highest BCUT2D eigenvalue weighted by molar-refractivity contribution is 5.84. The molecular formula is C20H26O7. The molecule has 3 aliphatic rings. The van der Waals surface area contributed by atoms with Gasteiger partial charge in [0.25, 0.3) is 0 Å². The Morgan fingerprint density at radius 3 is 2.48 bits per heavy atom. The first-order chi connectivity index (χ1) is 12.7. The van der Waals surface area contributed by atoms with E-state index in [1.54, 1.807) is 13.8 Å². The minimum atomic E-state index is -1.31. The maximum Gasteiger partial charge on any atom is 0.344 e. The Labute approximate surface area is 158 Å². The number of esters is 1. The zero-order valence-electron chi connectivity index (χ0n) is 16.1. The molecule has 3 saturated heterocycles. The van der Waals surface area contributed by atoms with E-state index in [9.17, 15) is 4.79 Å². The summed E-state index contributed by atoms with van der Waals surface area (Å²) in [6.45, 7) is 7.96. The van der Waals surface area contributed by atoms with Crippen molar-refractivity contribution in [2.24, 2.45) is 0 Å². The van der Waals surface area contributed by atoms with E-state index in [-0.39, 0.29) is 6.61 Å². The summed E-state index contributed by atoms with van der Waals surface area (Å²) in [4.78, 5) is 12.8. The van der Waals surface area contributed by atoms with Crippen LogP contribution in [0.25, 0.3) is 0 Å². The maximum atomic E-state index is 12.8. The number of hydrogen-bond donors (Lipinski definition) is 0. The van der Waals surface area contributed by atoms with Gasteiger partial charge < -0.3 is 28.4 Å². The SMILES string of the molecule is CC1(C)OC[C@H]([C@H]2OC(=O)[C@@]3(COCc4ccccc4)OC(C)(C)O[C@@H]23)O1. The van der Waals surface area contributed by atoms with Crippen molar-refractivity contribution in [3.63, 3.8) is 0 Å². The largest absolute Gasteiger partial charge is 0.454 e. The number of carbonyl (C=O) groups is 1. The van der Waals surface area contributed by atoms with Gasteiger partial charge in [-0.05, 0) is 33.3 Å². The molecule has 0 radical (unpaired) electrons. The molecule has 0 saturated carbocycles. The molecule has 0 bridgehead atoms. The number of hydrogen-bond acceptors (Lipinski definition) is 7. The Bertz CT molecular complexity index is 702. The standard InChI is InChI=1S/C20H26O7/c1-18(2)23-11-14(25-18)15-16-20(17(21)24-15,27-19(3,4)26-16)12-22-10-13-8-6-5-7-9-13/h5-9,14-16H,10-12H2,1-4H3/t14-,15-,16+,20+/m1/s1. The third-order valence-electron chi connectivity index (χ3n) is 5.01. The van der Waals surface area contributed by atoms with Gasteiger partial charge in [-0.2, -0.15) is 0 Å². The van der Waals surface area contributed by atoms with Gasteiger partial charge in [0.2, 0.25) is 5.60 Å². The van der Waals surface area contributed by atoms with Crippen molar-refractivity contribution in [3.8, 4) is 0 Å². The molecule has 4 rings (SSSR count). The zero-order valence-corrected chi connectivity index (χ0v) is 16.1. The Morgan fingerprint density at radius 1 is 1.07 bits per heavy atom. The van der Waals surface area contributed by atoms with Gasteiger partial charge in [0.1, 0.15) is 12.2 Å². The van der Waals surface area contributed by atoms with Gasteiger partial charge in [0, 0.05) is 0 Å².